The maximum absolute atomic E-state index is 11.6. The predicted octanol–water partition coefficient (Wildman–Crippen LogP) is 3.60. The van der Waals surface area contributed by atoms with E-state index in [4.69, 9.17) is 4.98 Å². The van der Waals surface area contributed by atoms with Gasteiger partial charge < -0.3 is 9.67 Å². The first-order chi connectivity index (χ1) is 13.2. The van der Waals surface area contributed by atoms with E-state index in [9.17, 15) is 9.90 Å². The molecule has 6 nitrogen and oxygen atoms in total. The summed E-state index contributed by atoms with van der Waals surface area (Å²) in [6.07, 6.45) is 3.76. The molecule has 5 rings (SSSR count). The Morgan fingerprint density at radius 3 is 2.59 bits per heavy atom. The van der Waals surface area contributed by atoms with Gasteiger partial charge in [0.15, 0.2) is 11.5 Å². The second kappa shape index (κ2) is 5.88. The van der Waals surface area contributed by atoms with Crippen LogP contribution >= 0.6 is 0 Å². The highest BCUT2D eigenvalue weighted by Gasteiger charge is 2.26. The van der Waals surface area contributed by atoms with Gasteiger partial charge >= 0.3 is 5.97 Å². The maximum atomic E-state index is 11.6. The highest BCUT2D eigenvalue weighted by atomic mass is 16.4. The van der Waals surface area contributed by atoms with Crippen molar-refractivity contribution in [2.45, 2.75) is 6.42 Å². The zero-order valence-electron chi connectivity index (χ0n) is 14.2. The van der Waals surface area contributed by atoms with Crippen LogP contribution in [-0.4, -0.2) is 30.6 Å². The molecule has 0 radical (unpaired) electrons. The van der Waals surface area contributed by atoms with Crippen LogP contribution in [0.5, 0.6) is 0 Å². The number of carbonyl (C=O) groups is 1. The SMILES string of the molecule is O=C(O)c1ncn2c1Cc1cnc(-c3ccccc3)nc1-c1ccccc1-2. The molecule has 0 atom stereocenters. The number of benzene rings is 2. The van der Waals surface area contributed by atoms with Gasteiger partial charge in [-0.3, -0.25) is 0 Å². The van der Waals surface area contributed by atoms with Gasteiger partial charge in [-0.15, -0.1) is 0 Å². The molecular formula is C21H14N4O2. The predicted molar refractivity (Wildman–Crippen MR) is 99.8 cm³/mol. The van der Waals surface area contributed by atoms with Crippen LogP contribution in [0, 0.1) is 0 Å². The molecule has 130 valence electrons. The summed E-state index contributed by atoms with van der Waals surface area (Å²) in [6.45, 7) is 0. The number of nitrogens with zero attached hydrogens (tertiary/aromatic N) is 4. The van der Waals surface area contributed by atoms with Gasteiger partial charge in [0, 0.05) is 29.3 Å². The Balaban J connectivity index is 1.77. The molecule has 6 heteroatoms. The molecule has 2 aromatic carbocycles. The van der Waals surface area contributed by atoms with Crippen molar-refractivity contribution >= 4 is 5.97 Å². The molecule has 27 heavy (non-hydrogen) atoms. The summed E-state index contributed by atoms with van der Waals surface area (Å²) in [6, 6.07) is 17.6. The molecule has 1 aliphatic rings. The molecule has 0 saturated heterocycles. The molecule has 1 aliphatic heterocycles. The van der Waals surface area contributed by atoms with Gasteiger partial charge in [-0.2, -0.15) is 0 Å². The van der Waals surface area contributed by atoms with Crippen molar-refractivity contribution in [2.24, 2.45) is 0 Å². The summed E-state index contributed by atoms with van der Waals surface area (Å²) in [7, 11) is 0. The lowest BCUT2D eigenvalue weighted by molar-refractivity contribution is 0.0690. The second-order valence-electron chi connectivity index (χ2n) is 6.34. The molecule has 0 amide bonds. The van der Waals surface area contributed by atoms with E-state index in [1.807, 2.05) is 59.2 Å². The van der Waals surface area contributed by atoms with E-state index in [2.05, 4.69) is 9.97 Å². The van der Waals surface area contributed by atoms with Crippen molar-refractivity contribution < 1.29 is 9.90 Å². The molecule has 0 spiro atoms. The summed E-state index contributed by atoms with van der Waals surface area (Å²) < 4.78 is 1.84. The molecule has 2 aromatic heterocycles. The minimum Gasteiger partial charge on any atom is -0.476 e. The lowest BCUT2D eigenvalue weighted by Gasteiger charge is -2.10. The van der Waals surface area contributed by atoms with E-state index in [0.717, 1.165) is 28.1 Å². The van der Waals surface area contributed by atoms with Crippen molar-refractivity contribution in [1.82, 2.24) is 19.5 Å². The van der Waals surface area contributed by atoms with E-state index in [0.29, 0.717) is 17.9 Å². The normalized spacial score (nSPS) is 11.9. The van der Waals surface area contributed by atoms with Gasteiger partial charge in [-0.1, -0.05) is 48.5 Å². The third kappa shape index (κ3) is 2.42. The number of fused-ring (bicyclic) bond motifs is 5. The fraction of sp³-hybridized carbons (Fsp3) is 0.0476. The van der Waals surface area contributed by atoms with Gasteiger partial charge in [-0.05, 0) is 6.07 Å². The molecule has 0 aliphatic carbocycles. The van der Waals surface area contributed by atoms with Crippen LogP contribution in [0.1, 0.15) is 21.7 Å². The Bertz CT molecular complexity index is 1180. The summed E-state index contributed by atoms with van der Waals surface area (Å²) in [4.78, 5) is 25.1. The number of rotatable bonds is 2. The number of imidazole rings is 1. The monoisotopic (exact) mass is 354 g/mol. The minimum atomic E-state index is -1.04. The van der Waals surface area contributed by atoms with Gasteiger partial charge in [0.1, 0.15) is 6.33 Å². The Morgan fingerprint density at radius 2 is 1.78 bits per heavy atom. The average Bonchev–Trinajstić information content (AvgIpc) is 3.07. The molecule has 3 heterocycles. The first kappa shape index (κ1) is 15.5. The number of aromatic nitrogens is 4. The second-order valence-corrected chi connectivity index (χ2v) is 6.34. The summed E-state index contributed by atoms with van der Waals surface area (Å²) in [5.41, 5.74) is 5.12. The Labute approximate surface area is 154 Å². The average molecular weight is 354 g/mol. The molecule has 4 aromatic rings. The number of carboxylic acid groups (broad SMARTS) is 1. The molecule has 0 saturated carbocycles. The Morgan fingerprint density at radius 1 is 1.00 bits per heavy atom. The van der Waals surface area contributed by atoms with Crippen LogP contribution in [0.4, 0.5) is 0 Å². The van der Waals surface area contributed by atoms with E-state index in [1.54, 1.807) is 12.5 Å². The molecular weight excluding hydrogens is 340 g/mol. The van der Waals surface area contributed by atoms with E-state index >= 15 is 0 Å². The lowest BCUT2D eigenvalue weighted by Crippen LogP contribution is -2.06. The van der Waals surface area contributed by atoms with Gasteiger partial charge in [0.05, 0.1) is 17.1 Å². The third-order valence-electron chi connectivity index (χ3n) is 4.74. The van der Waals surface area contributed by atoms with Crippen LogP contribution in [0.15, 0.2) is 67.1 Å². The zero-order chi connectivity index (χ0) is 18.4. The highest BCUT2D eigenvalue weighted by Crippen LogP contribution is 2.35. The van der Waals surface area contributed by atoms with Crippen molar-refractivity contribution in [3.05, 3.63) is 84.1 Å². The quantitative estimate of drug-likeness (QED) is 0.524. The van der Waals surface area contributed by atoms with Crippen LogP contribution in [0.25, 0.3) is 28.3 Å². The Kier molecular flexibility index (Phi) is 3.36. The first-order valence-corrected chi connectivity index (χ1v) is 8.53. The topological polar surface area (TPSA) is 80.9 Å². The molecule has 0 unspecified atom stereocenters. The largest absolute Gasteiger partial charge is 0.476 e. The summed E-state index contributed by atoms with van der Waals surface area (Å²) in [5.74, 6) is -0.390. The van der Waals surface area contributed by atoms with Crippen molar-refractivity contribution in [2.75, 3.05) is 0 Å². The number of carboxylic acids is 1. The highest BCUT2D eigenvalue weighted by molar-refractivity contribution is 5.88. The first-order valence-electron chi connectivity index (χ1n) is 8.53. The van der Waals surface area contributed by atoms with Crippen LogP contribution < -0.4 is 0 Å². The number of hydrogen-bond acceptors (Lipinski definition) is 4. The van der Waals surface area contributed by atoms with Gasteiger partial charge in [0.2, 0.25) is 0 Å². The molecule has 0 fully saturated rings. The smallest absolute Gasteiger partial charge is 0.356 e. The minimum absolute atomic E-state index is 0.0600. The van der Waals surface area contributed by atoms with Crippen molar-refractivity contribution in [1.29, 1.82) is 0 Å². The third-order valence-corrected chi connectivity index (χ3v) is 4.74. The zero-order valence-corrected chi connectivity index (χ0v) is 14.2. The Hall–Kier alpha value is -3.80. The number of para-hydroxylation sites is 1. The van der Waals surface area contributed by atoms with Crippen molar-refractivity contribution in [3.63, 3.8) is 0 Å². The van der Waals surface area contributed by atoms with E-state index in [1.165, 1.54) is 0 Å². The fourth-order valence-electron chi connectivity index (χ4n) is 3.49. The van der Waals surface area contributed by atoms with E-state index < -0.39 is 5.97 Å². The summed E-state index contributed by atoms with van der Waals surface area (Å²) >= 11 is 0. The lowest BCUT2D eigenvalue weighted by atomic mass is 10.0. The fourth-order valence-corrected chi connectivity index (χ4v) is 3.49. The van der Waals surface area contributed by atoms with Crippen LogP contribution in [0.2, 0.25) is 0 Å². The molecule has 1 N–H and O–H groups in total. The van der Waals surface area contributed by atoms with Gasteiger partial charge in [0.25, 0.3) is 0 Å². The standard InChI is InChI=1S/C21H14N4O2/c26-21(27)19-17-10-14-11-22-20(13-6-2-1-3-7-13)24-18(14)15-8-4-5-9-16(15)25(17)12-23-19/h1-9,11-12H,10H2,(H,26,27). The maximum Gasteiger partial charge on any atom is 0.356 e. The van der Waals surface area contributed by atoms with Crippen LogP contribution in [0.3, 0.4) is 0 Å². The van der Waals surface area contributed by atoms with E-state index in [-0.39, 0.29) is 5.69 Å². The number of hydrogen-bond donors (Lipinski definition) is 1. The van der Waals surface area contributed by atoms with Gasteiger partial charge in [-0.25, -0.2) is 19.7 Å². The van der Waals surface area contributed by atoms with Crippen LogP contribution in [-0.2, 0) is 6.42 Å². The number of aromatic carboxylic acids is 1. The molecule has 0 bridgehead atoms. The van der Waals surface area contributed by atoms with Crippen molar-refractivity contribution in [3.8, 4) is 28.3 Å². The summed E-state index contributed by atoms with van der Waals surface area (Å²) in [5, 5.41) is 9.50.